The van der Waals surface area contributed by atoms with Crippen molar-refractivity contribution < 1.29 is 13.5 Å². The number of nitrogens with zero attached hydrogens (tertiary/aromatic N) is 5. The molecule has 6 rings (SSSR count). The molecule has 3 fully saturated rings. The Morgan fingerprint density at radius 2 is 1.77 bits per heavy atom. The molecule has 186 valence electrons. The van der Waals surface area contributed by atoms with E-state index in [-0.39, 0.29) is 11.8 Å². The molecule has 35 heavy (non-hydrogen) atoms. The first-order chi connectivity index (χ1) is 17.1. The van der Waals surface area contributed by atoms with Gasteiger partial charge >= 0.3 is 0 Å². The summed E-state index contributed by atoms with van der Waals surface area (Å²) in [5.74, 6) is 0.904. The minimum absolute atomic E-state index is 0.215. The van der Waals surface area contributed by atoms with E-state index in [1.807, 2.05) is 6.07 Å². The fourth-order valence-corrected chi connectivity index (χ4v) is 6.90. The van der Waals surface area contributed by atoms with Crippen LogP contribution in [0.1, 0.15) is 23.3 Å². The normalized spacial score (nSPS) is 23.4. The predicted octanol–water partition coefficient (Wildman–Crippen LogP) is 4.44. The number of aromatic nitrogens is 2. The molecule has 3 aromatic rings. The highest BCUT2D eigenvalue weighted by atomic mass is 32.1. The van der Waals surface area contributed by atoms with Gasteiger partial charge in [-0.05, 0) is 43.1 Å². The van der Waals surface area contributed by atoms with E-state index in [2.05, 4.69) is 48.9 Å². The second-order valence-electron chi connectivity index (χ2n) is 10.1. The van der Waals surface area contributed by atoms with Crippen LogP contribution < -0.4 is 9.80 Å². The van der Waals surface area contributed by atoms with Crippen LogP contribution in [0.15, 0.2) is 36.7 Å². The zero-order valence-corrected chi connectivity index (χ0v) is 20.7. The molecule has 9 heteroatoms. The van der Waals surface area contributed by atoms with Gasteiger partial charge in [-0.15, -0.1) is 11.3 Å². The molecule has 0 N–H and O–H groups in total. The van der Waals surface area contributed by atoms with Crippen molar-refractivity contribution in [3.63, 3.8) is 0 Å². The molecule has 0 saturated carbocycles. The molecule has 0 bridgehead atoms. The number of likely N-dealkylation sites (tertiary alicyclic amines) is 1. The third kappa shape index (κ3) is 4.86. The van der Waals surface area contributed by atoms with Crippen LogP contribution >= 0.6 is 11.3 Å². The molecule has 5 heterocycles. The van der Waals surface area contributed by atoms with E-state index in [0.29, 0.717) is 4.88 Å². The number of hydrogen-bond donors (Lipinski definition) is 0. The van der Waals surface area contributed by atoms with Gasteiger partial charge in [-0.1, -0.05) is 12.1 Å². The third-order valence-corrected chi connectivity index (χ3v) is 8.75. The van der Waals surface area contributed by atoms with Gasteiger partial charge in [0, 0.05) is 61.7 Å². The lowest BCUT2D eigenvalue weighted by molar-refractivity contribution is 0.122. The maximum absolute atomic E-state index is 12.9. The van der Waals surface area contributed by atoms with E-state index >= 15 is 0 Å². The molecule has 6 nitrogen and oxygen atoms in total. The summed E-state index contributed by atoms with van der Waals surface area (Å²) in [6.45, 7) is 8.61. The van der Waals surface area contributed by atoms with E-state index in [0.717, 1.165) is 81.5 Å². The van der Waals surface area contributed by atoms with Gasteiger partial charge < -0.3 is 14.5 Å². The van der Waals surface area contributed by atoms with Crippen LogP contribution in [0.5, 0.6) is 0 Å². The third-order valence-electron chi connectivity index (χ3n) is 7.69. The van der Waals surface area contributed by atoms with E-state index in [1.165, 1.54) is 29.0 Å². The topological polar surface area (TPSA) is 44.7 Å². The quantitative estimate of drug-likeness (QED) is 0.500. The first-order valence-electron chi connectivity index (χ1n) is 12.5. The summed E-state index contributed by atoms with van der Waals surface area (Å²) in [4.78, 5) is 17.7. The first-order valence-corrected chi connectivity index (χ1v) is 13.3. The number of ether oxygens (including phenoxy) is 1. The lowest BCUT2D eigenvalue weighted by Crippen LogP contribution is -2.36. The number of fused-ring (bicyclic) bond motifs is 1. The van der Waals surface area contributed by atoms with E-state index < -0.39 is 6.43 Å². The highest BCUT2D eigenvalue weighted by molar-refractivity contribution is 7.18. The number of rotatable bonds is 6. The van der Waals surface area contributed by atoms with Crippen LogP contribution in [-0.4, -0.2) is 73.8 Å². The average Bonchev–Trinajstić information content (AvgIpc) is 3.58. The minimum atomic E-state index is -2.34. The lowest BCUT2D eigenvalue weighted by Gasteiger charge is -2.29. The standard InChI is InChI=1S/C26H31F2N5OS/c27-23(28)14-21-13-22-24(29-18-30-25(22)35-21)33-8-6-26(17-33)5-7-31(16-26)15-19-1-3-20(4-2-19)32-9-11-34-12-10-32/h1-4,13,18,23H,5-12,14-17H2. The average molecular weight is 500 g/mol. The Labute approximate surface area is 208 Å². The molecular formula is C26H31F2N5OS. The van der Waals surface area contributed by atoms with Crippen molar-refractivity contribution in [3.05, 3.63) is 47.1 Å². The molecule has 3 aliphatic rings. The van der Waals surface area contributed by atoms with Crippen molar-refractivity contribution in [2.24, 2.45) is 5.41 Å². The lowest BCUT2D eigenvalue weighted by atomic mass is 9.86. The van der Waals surface area contributed by atoms with E-state index in [1.54, 1.807) is 6.33 Å². The minimum Gasteiger partial charge on any atom is -0.378 e. The molecule has 2 aromatic heterocycles. The highest BCUT2D eigenvalue weighted by Gasteiger charge is 2.44. The van der Waals surface area contributed by atoms with Gasteiger partial charge in [-0.2, -0.15) is 0 Å². The number of halogens is 2. The van der Waals surface area contributed by atoms with E-state index in [4.69, 9.17) is 4.74 Å². The van der Waals surface area contributed by atoms with Crippen molar-refractivity contribution >= 4 is 33.1 Å². The van der Waals surface area contributed by atoms with Crippen LogP contribution in [0.4, 0.5) is 20.3 Å². The van der Waals surface area contributed by atoms with Crippen LogP contribution in [0.3, 0.4) is 0 Å². The Kier molecular flexibility index (Phi) is 6.32. The number of anilines is 2. The fraction of sp³-hybridized carbons (Fsp3) is 0.538. The summed E-state index contributed by atoms with van der Waals surface area (Å²) in [5, 5.41) is 0.917. The maximum atomic E-state index is 12.9. The molecule has 3 saturated heterocycles. The molecule has 0 radical (unpaired) electrons. The van der Waals surface area contributed by atoms with Gasteiger partial charge in [0.1, 0.15) is 17.0 Å². The highest BCUT2D eigenvalue weighted by Crippen LogP contribution is 2.43. The summed E-state index contributed by atoms with van der Waals surface area (Å²) in [6.07, 6.45) is 1.34. The van der Waals surface area contributed by atoms with Crippen LogP contribution in [0, 0.1) is 5.41 Å². The largest absolute Gasteiger partial charge is 0.378 e. The van der Waals surface area contributed by atoms with Crippen molar-refractivity contribution in [1.82, 2.24) is 14.9 Å². The van der Waals surface area contributed by atoms with Gasteiger partial charge in [0.2, 0.25) is 6.43 Å². The smallest absolute Gasteiger partial charge is 0.243 e. The summed E-state index contributed by atoms with van der Waals surface area (Å²) >= 11 is 1.36. The van der Waals surface area contributed by atoms with Gasteiger partial charge in [-0.25, -0.2) is 18.7 Å². The second kappa shape index (κ2) is 9.59. The zero-order valence-electron chi connectivity index (χ0n) is 19.8. The number of thiophene rings is 1. The van der Waals surface area contributed by atoms with Crippen LogP contribution in [0.25, 0.3) is 10.2 Å². The molecule has 1 aromatic carbocycles. The van der Waals surface area contributed by atoms with Crippen LogP contribution in [0.2, 0.25) is 0 Å². The molecule has 0 amide bonds. The molecule has 1 spiro atoms. The van der Waals surface area contributed by atoms with Crippen molar-refractivity contribution in [1.29, 1.82) is 0 Å². The Morgan fingerprint density at radius 1 is 0.971 bits per heavy atom. The molecule has 0 aliphatic carbocycles. The predicted molar refractivity (Wildman–Crippen MR) is 136 cm³/mol. The summed E-state index contributed by atoms with van der Waals surface area (Å²) in [5.41, 5.74) is 2.91. The Balaban J connectivity index is 1.10. The van der Waals surface area contributed by atoms with Crippen molar-refractivity contribution in [2.75, 3.05) is 62.3 Å². The number of alkyl halides is 2. The Morgan fingerprint density at radius 3 is 2.57 bits per heavy atom. The van der Waals surface area contributed by atoms with E-state index in [9.17, 15) is 8.78 Å². The van der Waals surface area contributed by atoms with Gasteiger partial charge in [-0.3, -0.25) is 4.90 Å². The summed E-state index contributed by atoms with van der Waals surface area (Å²) < 4.78 is 31.3. The molecule has 3 aliphatic heterocycles. The fourth-order valence-electron chi connectivity index (χ4n) is 5.90. The molecule has 1 atom stereocenters. The monoisotopic (exact) mass is 499 g/mol. The van der Waals surface area contributed by atoms with Gasteiger partial charge in [0.05, 0.1) is 18.6 Å². The number of morpholine rings is 1. The SMILES string of the molecule is FC(F)Cc1cc2c(N3CCC4(CCN(Cc5ccc(N6CCOCC6)cc5)C4)C3)ncnc2s1. The Hall–Kier alpha value is -2.36. The first kappa shape index (κ1) is 23.1. The van der Waals surface area contributed by atoms with Crippen molar-refractivity contribution in [3.8, 4) is 0 Å². The number of benzene rings is 1. The maximum Gasteiger partial charge on any atom is 0.243 e. The molecular weight excluding hydrogens is 468 g/mol. The van der Waals surface area contributed by atoms with Gasteiger partial charge in [0.15, 0.2) is 0 Å². The second-order valence-corrected chi connectivity index (χ2v) is 11.2. The van der Waals surface area contributed by atoms with Crippen molar-refractivity contribution in [2.45, 2.75) is 32.2 Å². The summed E-state index contributed by atoms with van der Waals surface area (Å²) in [7, 11) is 0. The Bertz CT molecular complexity index is 1170. The summed E-state index contributed by atoms with van der Waals surface area (Å²) in [6, 6.07) is 10.9. The van der Waals surface area contributed by atoms with Crippen LogP contribution in [-0.2, 0) is 17.7 Å². The number of hydrogen-bond acceptors (Lipinski definition) is 7. The zero-order chi connectivity index (χ0) is 23.8. The molecule has 1 unspecified atom stereocenters. The van der Waals surface area contributed by atoms with Gasteiger partial charge in [0.25, 0.3) is 0 Å².